The zero-order chi connectivity index (χ0) is 11.4. The van der Waals surface area contributed by atoms with Crippen molar-refractivity contribution in [3.05, 3.63) is 42.0 Å². The van der Waals surface area contributed by atoms with Crippen LogP contribution in [0.15, 0.2) is 30.6 Å². The minimum absolute atomic E-state index is 0.748. The Morgan fingerprint density at radius 3 is 2.88 bits per heavy atom. The predicted octanol–water partition coefficient (Wildman–Crippen LogP) is 1.90. The molecule has 0 fully saturated rings. The highest BCUT2D eigenvalue weighted by molar-refractivity contribution is 5.35. The van der Waals surface area contributed by atoms with Gasteiger partial charge in [0.05, 0.1) is 7.11 Å². The number of hydrogen-bond acceptors (Lipinski definition) is 3. The minimum Gasteiger partial charge on any atom is -0.496 e. The van der Waals surface area contributed by atoms with E-state index < -0.39 is 0 Å². The molecule has 2 aromatic rings. The molecular weight excluding hydrogens is 202 g/mol. The van der Waals surface area contributed by atoms with Crippen molar-refractivity contribution in [1.82, 2.24) is 14.8 Å². The zero-order valence-corrected chi connectivity index (χ0v) is 9.55. The largest absolute Gasteiger partial charge is 0.496 e. The van der Waals surface area contributed by atoms with Gasteiger partial charge in [0.1, 0.15) is 17.9 Å². The van der Waals surface area contributed by atoms with Gasteiger partial charge in [0.15, 0.2) is 0 Å². The van der Waals surface area contributed by atoms with Crippen LogP contribution < -0.4 is 4.74 Å². The van der Waals surface area contributed by atoms with E-state index in [-0.39, 0.29) is 0 Å². The average Bonchev–Trinajstić information content (AvgIpc) is 2.77. The molecular formula is C12H15N3O. The van der Waals surface area contributed by atoms with Crippen LogP contribution in [0, 0.1) is 0 Å². The summed E-state index contributed by atoms with van der Waals surface area (Å²) in [6, 6.07) is 7.98. The summed E-state index contributed by atoms with van der Waals surface area (Å²) in [5.74, 6) is 1.86. The second kappa shape index (κ2) is 4.79. The number of aryl methyl sites for hydroxylation is 1. The van der Waals surface area contributed by atoms with Gasteiger partial charge in [0.25, 0.3) is 0 Å². The lowest BCUT2D eigenvalue weighted by Gasteiger charge is -2.08. The van der Waals surface area contributed by atoms with Crippen molar-refractivity contribution in [2.75, 3.05) is 7.11 Å². The summed E-state index contributed by atoms with van der Waals surface area (Å²) in [5, 5.41) is 8.03. The lowest BCUT2D eigenvalue weighted by atomic mass is 10.1. The standard InChI is InChI=1S/C12H15N3O/c1-3-15-9-13-14-12(15)8-10-6-4-5-7-11(10)16-2/h4-7,9H,3,8H2,1-2H3. The summed E-state index contributed by atoms with van der Waals surface area (Å²) < 4.78 is 7.34. The van der Waals surface area contributed by atoms with Gasteiger partial charge >= 0.3 is 0 Å². The highest BCUT2D eigenvalue weighted by Crippen LogP contribution is 2.19. The Hall–Kier alpha value is -1.84. The van der Waals surface area contributed by atoms with E-state index in [0.29, 0.717) is 0 Å². The molecule has 0 saturated heterocycles. The van der Waals surface area contributed by atoms with E-state index in [2.05, 4.69) is 17.1 Å². The Balaban J connectivity index is 2.26. The van der Waals surface area contributed by atoms with Gasteiger partial charge in [-0.15, -0.1) is 10.2 Å². The van der Waals surface area contributed by atoms with Crippen LogP contribution in [0.4, 0.5) is 0 Å². The normalized spacial score (nSPS) is 10.4. The molecule has 0 unspecified atom stereocenters. The molecule has 0 N–H and O–H groups in total. The molecule has 0 aliphatic rings. The Morgan fingerprint density at radius 1 is 1.31 bits per heavy atom. The number of rotatable bonds is 4. The molecule has 0 aliphatic carbocycles. The van der Waals surface area contributed by atoms with Crippen molar-refractivity contribution < 1.29 is 4.74 Å². The topological polar surface area (TPSA) is 39.9 Å². The van der Waals surface area contributed by atoms with Crippen LogP contribution in [0.5, 0.6) is 5.75 Å². The number of para-hydroxylation sites is 1. The van der Waals surface area contributed by atoms with Gasteiger partial charge in [-0.3, -0.25) is 0 Å². The Labute approximate surface area is 94.9 Å². The van der Waals surface area contributed by atoms with E-state index >= 15 is 0 Å². The van der Waals surface area contributed by atoms with Crippen LogP contribution >= 0.6 is 0 Å². The SMILES string of the molecule is CCn1cnnc1Cc1ccccc1OC. The molecule has 2 rings (SSSR count). The Morgan fingerprint density at radius 2 is 2.12 bits per heavy atom. The molecule has 4 nitrogen and oxygen atoms in total. The first kappa shape index (κ1) is 10.7. The maximum Gasteiger partial charge on any atom is 0.137 e. The maximum atomic E-state index is 5.31. The lowest BCUT2D eigenvalue weighted by Crippen LogP contribution is -2.02. The van der Waals surface area contributed by atoms with E-state index in [1.54, 1.807) is 13.4 Å². The molecule has 0 aliphatic heterocycles. The lowest BCUT2D eigenvalue weighted by molar-refractivity contribution is 0.410. The van der Waals surface area contributed by atoms with E-state index in [1.807, 2.05) is 28.8 Å². The molecule has 0 amide bonds. The number of benzene rings is 1. The number of hydrogen-bond donors (Lipinski definition) is 0. The molecule has 0 radical (unpaired) electrons. The number of methoxy groups -OCH3 is 1. The quantitative estimate of drug-likeness (QED) is 0.785. The molecule has 1 heterocycles. The molecule has 0 saturated carbocycles. The number of aromatic nitrogens is 3. The summed E-state index contributed by atoms with van der Waals surface area (Å²) in [7, 11) is 1.68. The van der Waals surface area contributed by atoms with Gasteiger partial charge in [-0.25, -0.2) is 0 Å². The van der Waals surface area contributed by atoms with Gasteiger partial charge in [0, 0.05) is 18.5 Å². The molecule has 4 heteroatoms. The van der Waals surface area contributed by atoms with Crippen molar-refractivity contribution in [2.24, 2.45) is 0 Å². The average molecular weight is 217 g/mol. The maximum absolute atomic E-state index is 5.31. The van der Waals surface area contributed by atoms with Crippen LogP contribution in [-0.4, -0.2) is 21.9 Å². The third-order valence-electron chi connectivity index (χ3n) is 2.58. The fraction of sp³-hybridized carbons (Fsp3) is 0.333. The third-order valence-corrected chi connectivity index (χ3v) is 2.58. The highest BCUT2D eigenvalue weighted by Gasteiger charge is 2.07. The summed E-state index contributed by atoms with van der Waals surface area (Å²) in [5.41, 5.74) is 1.13. The van der Waals surface area contributed by atoms with Crippen LogP contribution in [0.1, 0.15) is 18.3 Å². The second-order valence-electron chi connectivity index (χ2n) is 3.52. The van der Waals surface area contributed by atoms with Gasteiger partial charge in [-0.2, -0.15) is 0 Å². The first-order valence-electron chi connectivity index (χ1n) is 5.33. The summed E-state index contributed by atoms with van der Waals surface area (Å²) in [6.07, 6.45) is 2.50. The number of ether oxygens (including phenoxy) is 1. The van der Waals surface area contributed by atoms with Gasteiger partial charge < -0.3 is 9.30 Å². The molecule has 16 heavy (non-hydrogen) atoms. The smallest absolute Gasteiger partial charge is 0.137 e. The van der Waals surface area contributed by atoms with Crippen LogP contribution in [-0.2, 0) is 13.0 Å². The van der Waals surface area contributed by atoms with Gasteiger partial charge in [0.2, 0.25) is 0 Å². The minimum atomic E-state index is 0.748. The third kappa shape index (κ3) is 2.05. The first-order chi connectivity index (χ1) is 7.85. The van der Waals surface area contributed by atoms with Crippen molar-refractivity contribution >= 4 is 0 Å². The van der Waals surface area contributed by atoms with Crippen molar-refractivity contribution in [1.29, 1.82) is 0 Å². The Kier molecular flexibility index (Phi) is 3.19. The molecule has 0 spiro atoms. The number of nitrogens with zero attached hydrogens (tertiary/aromatic N) is 3. The van der Waals surface area contributed by atoms with Crippen LogP contribution in [0.25, 0.3) is 0 Å². The summed E-state index contributed by atoms with van der Waals surface area (Å²) >= 11 is 0. The van der Waals surface area contributed by atoms with Crippen molar-refractivity contribution in [3.63, 3.8) is 0 Å². The van der Waals surface area contributed by atoms with Crippen LogP contribution in [0.3, 0.4) is 0 Å². The van der Waals surface area contributed by atoms with E-state index in [0.717, 1.165) is 30.1 Å². The molecule has 1 aromatic heterocycles. The first-order valence-corrected chi connectivity index (χ1v) is 5.33. The fourth-order valence-corrected chi connectivity index (χ4v) is 1.70. The van der Waals surface area contributed by atoms with Crippen molar-refractivity contribution in [3.8, 4) is 5.75 Å². The zero-order valence-electron chi connectivity index (χ0n) is 9.55. The monoisotopic (exact) mass is 217 g/mol. The summed E-state index contributed by atoms with van der Waals surface area (Å²) in [4.78, 5) is 0. The van der Waals surface area contributed by atoms with E-state index in [4.69, 9.17) is 4.74 Å². The van der Waals surface area contributed by atoms with Crippen molar-refractivity contribution in [2.45, 2.75) is 19.9 Å². The highest BCUT2D eigenvalue weighted by atomic mass is 16.5. The molecule has 1 aromatic carbocycles. The van der Waals surface area contributed by atoms with E-state index in [9.17, 15) is 0 Å². The fourth-order valence-electron chi connectivity index (χ4n) is 1.70. The van der Waals surface area contributed by atoms with E-state index in [1.165, 1.54) is 0 Å². The van der Waals surface area contributed by atoms with Gasteiger partial charge in [-0.05, 0) is 13.0 Å². The molecule has 0 bridgehead atoms. The Bertz CT molecular complexity index is 465. The predicted molar refractivity (Wildman–Crippen MR) is 61.5 cm³/mol. The van der Waals surface area contributed by atoms with Gasteiger partial charge in [-0.1, -0.05) is 18.2 Å². The molecule has 84 valence electrons. The summed E-state index contributed by atoms with van der Waals surface area (Å²) in [6.45, 7) is 2.96. The van der Waals surface area contributed by atoms with Crippen LogP contribution in [0.2, 0.25) is 0 Å². The molecule has 0 atom stereocenters. The second-order valence-corrected chi connectivity index (χ2v) is 3.52.